The van der Waals surface area contributed by atoms with Crippen LogP contribution in [0.1, 0.15) is 18.9 Å². The van der Waals surface area contributed by atoms with Crippen LogP contribution in [0.5, 0.6) is 0 Å². The number of hydrogen-bond donors (Lipinski definition) is 1. The molecule has 110 valence electrons. The smallest absolute Gasteiger partial charge is 0.247 e. The van der Waals surface area contributed by atoms with Crippen molar-refractivity contribution in [3.8, 4) is 6.07 Å². The molecule has 1 aliphatic heterocycles. The molecule has 1 saturated heterocycles. The molecule has 0 radical (unpaired) electrons. The first-order valence-electron chi connectivity index (χ1n) is 6.82. The molecule has 1 N–H and O–H groups in total. The molecule has 2 atom stereocenters. The molecule has 1 aromatic rings. The van der Waals surface area contributed by atoms with E-state index in [0.717, 1.165) is 12.0 Å². The van der Waals surface area contributed by atoms with Crippen molar-refractivity contribution in [2.24, 2.45) is 5.92 Å². The molecule has 1 fully saturated rings. The minimum Gasteiger partial charge on any atom is -0.381 e. The number of rotatable bonds is 4. The van der Waals surface area contributed by atoms with Crippen molar-refractivity contribution in [1.29, 1.82) is 5.26 Å². The molecule has 4 nitrogen and oxygen atoms in total. The van der Waals surface area contributed by atoms with E-state index in [-0.39, 0.29) is 17.6 Å². The van der Waals surface area contributed by atoms with E-state index in [1.165, 1.54) is 12.1 Å². The van der Waals surface area contributed by atoms with Gasteiger partial charge in [0.05, 0.1) is 12.7 Å². The van der Waals surface area contributed by atoms with Gasteiger partial charge in [-0.15, -0.1) is 0 Å². The first kappa shape index (κ1) is 15.2. The highest BCUT2D eigenvalue weighted by molar-refractivity contribution is 5.97. The summed E-state index contributed by atoms with van der Waals surface area (Å²) in [6.45, 7) is 2.79. The quantitative estimate of drug-likeness (QED) is 0.865. The van der Waals surface area contributed by atoms with Gasteiger partial charge in [0.1, 0.15) is 11.9 Å². The van der Waals surface area contributed by atoms with Crippen molar-refractivity contribution in [2.75, 3.05) is 13.2 Å². The fourth-order valence-corrected chi connectivity index (χ4v) is 2.20. The van der Waals surface area contributed by atoms with Crippen LogP contribution in [0, 0.1) is 23.1 Å². The summed E-state index contributed by atoms with van der Waals surface area (Å²) >= 11 is 0. The lowest BCUT2D eigenvalue weighted by atomic mass is 10.00. The fraction of sp³-hybridized carbons (Fsp3) is 0.375. The second-order valence-corrected chi connectivity index (χ2v) is 5.08. The molecule has 1 amide bonds. The van der Waals surface area contributed by atoms with Gasteiger partial charge in [-0.05, 0) is 37.1 Å². The van der Waals surface area contributed by atoms with Gasteiger partial charge in [0, 0.05) is 18.1 Å². The Morgan fingerprint density at radius 3 is 2.81 bits per heavy atom. The number of carbonyl (C=O) groups is 1. The Balaban J connectivity index is 2.01. The summed E-state index contributed by atoms with van der Waals surface area (Å²) in [7, 11) is 0. The molecule has 5 heteroatoms. The van der Waals surface area contributed by atoms with Crippen molar-refractivity contribution in [1.82, 2.24) is 5.32 Å². The zero-order valence-corrected chi connectivity index (χ0v) is 11.8. The Hall–Kier alpha value is -2.19. The molecule has 1 aromatic carbocycles. The van der Waals surface area contributed by atoms with Crippen LogP contribution >= 0.6 is 0 Å². The lowest BCUT2D eigenvalue weighted by Crippen LogP contribution is -2.39. The number of carbonyl (C=O) groups excluding carboxylic acids is 1. The van der Waals surface area contributed by atoms with Gasteiger partial charge in [0.15, 0.2) is 0 Å². The summed E-state index contributed by atoms with van der Waals surface area (Å²) in [5, 5.41) is 11.9. The minimum atomic E-state index is -0.545. The van der Waals surface area contributed by atoms with E-state index < -0.39 is 6.04 Å². The standard InChI is InChI=1S/C16H17FN2O2/c1-11(8-12-2-4-14(17)5-3-12)16(20)19-15(9-18)13-6-7-21-10-13/h2-5,8,13,15H,6-7,10H2,1H3,(H,19,20)/b11-8+. The first-order valence-corrected chi connectivity index (χ1v) is 6.82. The molecule has 0 spiro atoms. The molecule has 2 unspecified atom stereocenters. The van der Waals surface area contributed by atoms with Gasteiger partial charge in [-0.1, -0.05) is 12.1 Å². The van der Waals surface area contributed by atoms with E-state index in [2.05, 4.69) is 11.4 Å². The van der Waals surface area contributed by atoms with Crippen LogP contribution in [0.2, 0.25) is 0 Å². The molecule has 2 rings (SSSR count). The van der Waals surface area contributed by atoms with Crippen LogP contribution in [0.25, 0.3) is 6.08 Å². The highest BCUT2D eigenvalue weighted by Crippen LogP contribution is 2.17. The maximum absolute atomic E-state index is 12.8. The average molecular weight is 288 g/mol. The Kier molecular flexibility index (Phi) is 5.07. The highest BCUT2D eigenvalue weighted by atomic mass is 19.1. The van der Waals surface area contributed by atoms with Crippen LogP contribution in [-0.2, 0) is 9.53 Å². The largest absolute Gasteiger partial charge is 0.381 e. The lowest BCUT2D eigenvalue weighted by molar-refractivity contribution is -0.118. The number of ether oxygens (including phenoxy) is 1. The summed E-state index contributed by atoms with van der Waals surface area (Å²) in [4.78, 5) is 12.1. The third-order valence-electron chi connectivity index (χ3n) is 3.47. The summed E-state index contributed by atoms with van der Waals surface area (Å²) in [6, 6.07) is 7.44. The van der Waals surface area contributed by atoms with Gasteiger partial charge in [-0.2, -0.15) is 5.26 Å². The predicted octanol–water partition coefficient (Wildman–Crippen LogP) is 2.27. The number of nitriles is 1. The molecule has 1 aliphatic rings. The number of halogens is 1. The number of amides is 1. The lowest BCUT2D eigenvalue weighted by Gasteiger charge is -2.16. The number of hydrogen-bond acceptors (Lipinski definition) is 3. The van der Waals surface area contributed by atoms with E-state index in [1.54, 1.807) is 25.1 Å². The Labute approximate surface area is 123 Å². The van der Waals surface area contributed by atoms with Crippen LogP contribution in [0.15, 0.2) is 29.8 Å². The second kappa shape index (κ2) is 7.00. The Bertz CT molecular complexity index is 569. The molecule has 0 saturated carbocycles. The van der Waals surface area contributed by atoms with Gasteiger partial charge in [0.2, 0.25) is 5.91 Å². The van der Waals surface area contributed by atoms with E-state index in [9.17, 15) is 9.18 Å². The zero-order chi connectivity index (χ0) is 15.2. The Morgan fingerprint density at radius 1 is 1.52 bits per heavy atom. The molecular formula is C16H17FN2O2. The third-order valence-corrected chi connectivity index (χ3v) is 3.47. The number of benzene rings is 1. The van der Waals surface area contributed by atoms with Crippen LogP contribution < -0.4 is 5.32 Å². The van der Waals surface area contributed by atoms with Crippen molar-refractivity contribution in [3.05, 3.63) is 41.2 Å². The summed E-state index contributed by atoms with van der Waals surface area (Å²) in [5.41, 5.74) is 1.21. The molecular weight excluding hydrogens is 271 g/mol. The summed E-state index contributed by atoms with van der Waals surface area (Å²) < 4.78 is 18.1. The number of nitrogens with zero attached hydrogens (tertiary/aromatic N) is 1. The second-order valence-electron chi connectivity index (χ2n) is 5.08. The average Bonchev–Trinajstić information content (AvgIpc) is 3.01. The predicted molar refractivity (Wildman–Crippen MR) is 76.5 cm³/mol. The minimum absolute atomic E-state index is 0.0394. The van der Waals surface area contributed by atoms with E-state index in [0.29, 0.717) is 18.8 Å². The van der Waals surface area contributed by atoms with Gasteiger partial charge >= 0.3 is 0 Å². The SMILES string of the molecule is C/C(=C\c1ccc(F)cc1)C(=O)NC(C#N)C1CCOC1. The molecule has 1 heterocycles. The van der Waals surface area contributed by atoms with Crippen molar-refractivity contribution < 1.29 is 13.9 Å². The third kappa shape index (κ3) is 4.14. The van der Waals surface area contributed by atoms with Crippen molar-refractivity contribution in [2.45, 2.75) is 19.4 Å². The first-order chi connectivity index (χ1) is 10.1. The van der Waals surface area contributed by atoms with Gasteiger partial charge in [0.25, 0.3) is 0 Å². The maximum Gasteiger partial charge on any atom is 0.247 e. The van der Waals surface area contributed by atoms with Crippen LogP contribution in [0.3, 0.4) is 0 Å². The van der Waals surface area contributed by atoms with E-state index in [4.69, 9.17) is 10.00 Å². The summed E-state index contributed by atoms with van der Waals surface area (Å²) in [5.74, 6) is -0.574. The van der Waals surface area contributed by atoms with Crippen molar-refractivity contribution in [3.63, 3.8) is 0 Å². The Morgan fingerprint density at radius 2 is 2.24 bits per heavy atom. The molecule has 21 heavy (non-hydrogen) atoms. The maximum atomic E-state index is 12.8. The van der Waals surface area contributed by atoms with E-state index >= 15 is 0 Å². The van der Waals surface area contributed by atoms with Gasteiger partial charge < -0.3 is 10.1 Å². The fourth-order valence-electron chi connectivity index (χ4n) is 2.20. The van der Waals surface area contributed by atoms with Gasteiger partial charge in [-0.25, -0.2) is 4.39 Å². The van der Waals surface area contributed by atoms with E-state index in [1.807, 2.05) is 0 Å². The monoisotopic (exact) mass is 288 g/mol. The van der Waals surface area contributed by atoms with Crippen molar-refractivity contribution >= 4 is 12.0 Å². The summed E-state index contributed by atoms with van der Waals surface area (Å²) in [6.07, 6.45) is 2.44. The molecule has 0 aliphatic carbocycles. The zero-order valence-electron chi connectivity index (χ0n) is 11.8. The van der Waals surface area contributed by atoms with Crippen LogP contribution in [-0.4, -0.2) is 25.2 Å². The van der Waals surface area contributed by atoms with Gasteiger partial charge in [-0.3, -0.25) is 4.79 Å². The number of nitrogens with one attached hydrogen (secondary N) is 1. The molecule has 0 bridgehead atoms. The normalized spacial score (nSPS) is 19.9. The topological polar surface area (TPSA) is 62.1 Å². The molecule has 0 aromatic heterocycles. The highest BCUT2D eigenvalue weighted by Gasteiger charge is 2.27. The van der Waals surface area contributed by atoms with Crippen LogP contribution in [0.4, 0.5) is 4.39 Å².